The molecule has 2 heteroatoms. The van der Waals surface area contributed by atoms with Gasteiger partial charge in [0, 0.05) is 0 Å². The van der Waals surface area contributed by atoms with E-state index in [1.54, 1.807) is 6.07 Å². The van der Waals surface area contributed by atoms with Crippen molar-refractivity contribution in [1.29, 1.82) is 5.26 Å². The summed E-state index contributed by atoms with van der Waals surface area (Å²) in [6, 6.07) is 1.56. The van der Waals surface area contributed by atoms with Crippen LogP contribution in [0.4, 0.5) is 4.39 Å². The zero-order valence-electron chi connectivity index (χ0n) is 14.2. The fourth-order valence-corrected chi connectivity index (χ4v) is 4.80. The van der Waals surface area contributed by atoms with E-state index in [2.05, 4.69) is 6.92 Å². The molecule has 0 bridgehead atoms. The Hall–Kier alpha value is -0.840. The molecule has 0 N–H and O–H groups in total. The SMILES string of the molecule is CCC[C@H]1CC[C@H]([C@H]2CC[C@H](CCC=C(F)C#N)CC2)CC1. The second-order valence-corrected chi connectivity index (χ2v) is 7.59. The quantitative estimate of drug-likeness (QED) is 0.510. The van der Waals surface area contributed by atoms with E-state index in [0.29, 0.717) is 0 Å². The molecule has 124 valence electrons. The van der Waals surface area contributed by atoms with Crippen molar-refractivity contribution in [3.05, 3.63) is 11.9 Å². The Morgan fingerprint density at radius 1 is 0.955 bits per heavy atom. The van der Waals surface area contributed by atoms with Gasteiger partial charge in [-0.1, -0.05) is 45.4 Å². The van der Waals surface area contributed by atoms with E-state index >= 15 is 0 Å². The minimum atomic E-state index is -0.613. The summed E-state index contributed by atoms with van der Waals surface area (Å²) in [6.45, 7) is 2.31. The van der Waals surface area contributed by atoms with Crippen LogP contribution in [0.25, 0.3) is 0 Å². The van der Waals surface area contributed by atoms with Gasteiger partial charge in [-0.25, -0.2) is 0 Å². The number of hydrogen-bond donors (Lipinski definition) is 0. The van der Waals surface area contributed by atoms with Crippen LogP contribution in [-0.4, -0.2) is 0 Å². The number of halogens is 1. The molecule has 1 nitrogen and oxygen atoms in total. The Bertz CT molecular complexity index is 379. The number of nitriles is 1. The smallest absolute Gasteiger partial charge is 0.195 e. The van der Waals surface area contributed by atoms with Crippen molar-refractivity contribution in [2.75, 3.05) is 0 Å². The lowest BCUT2D eigenvalue weighted by Gasteiger charge is -2.38. The first kappa shape index (κ1) is 17.5. The van der Waals surface area contributed by atoms with E-state index < -0.39 is 5.83 Å². The zero-order chi connectivity index (χ0) is 15.8. The Balaban J connectivity index is 1.64. The summed E-state index contributed by atoms with van der Waals surface area (Å²) in [7, 11) is 0. The maximum absolute atomic E-state index is 12.8. The van der Waals surface area contributed by atoms with Gasteiger partial charge in [0.05, 0.1) is 0 Å². The Kier molecular flexibility index (Phi) is 7.43. The molecule has 2 aliphatic rings. The minimum absolute atomic E-state index is 0.613. The third-order valence-electron chi connectivity index (χ3n) is 6.15. The predicted octanol–water partition coefficient (Wildman–Crippen LogP) is 6.56. The topological polar surface area (TPSA) is 23.8 Å². The molecule has 0 saturated heterocycles. The molecule has 0 unspecified atom stereocenters. The van der Waals surface area contributed by atoms with Gasteiger partial charge >= 0.3 is 0 Å². The Morgan fingerprint density at radius 2 is 1.45 bits per heavy atom. The zero-order valence-corrected chi connectivity index (χ0v) is 14.2. The average molecular weight is 305 g/mol. The largest absolute Gasteiger partial charge is 0.196 e. The molecular formula is C20H32FN. The highest BCUT2D eigenvalue weighted by Crippen LogP contribution is 2.42. The first-order chi connectivity index (χ1) is 10.7. The van der Waals surface area contributed by atoms with E-state index in [4.69, 9.17) is 5.26 Å². The first-order valence-electron chi connectivity index (χ1n) is 9.48. The van der Waals surface area contributed by atoms with Gasteiger partial charge in [0.25, 0.3) is 0 Å². The van der Waals surface area contributed by atoms with Crippen molar-refractivity contribution < 1.29 is 4.39 Å². The minimum Gasteiger partial charge on any atom is -0.195 e. The molecule has 0 aromatic rings. The molecule has 0 atom stereocenters. The summed E-state index contributed by atoms with van der Waals surface area (Å²) in [5, 5.41) is 8.41. The van der Waals surface area contributed by atoms with E-state index in [9.17, 15) is 4.39 Å². The van der Waals surface area contributed by atoms with Crippen LogP contribution in [0.2, 0.25) is 0 Å². The van der Waals surface area contributed by atoms with Gasteiger partial charge in [-0.3, -0.25) is 0 Å². The molecule has 0 heterocycles. The molecule has 0 radical (unpaired) electrons. The molecule has 0 amide bonds. The lowest BCUT2D eigenvalue weighted by atomic mass is 9.68. The number of allylic oxidation sites excluding steroid dienone is 2. The van der Waals surface area contributed by atoms with Crippen molar-refractivity contribution >= 4 is 0 Å². The van der Waals surface area contributed by atoms with Crippen molar-refractivity contribution in [2.45, 2.75) is 84.0 Å². The molecule has 0 aromatic carbocycles. The predicted molar refractivity (Wildman–Crippen MR) is 89.8 cm³/mol. The molecule has 0 spiro atoms. The number of rotatable bonds is 6. The molecular weight excluding hydrogens is 273 g/mol. The van der Waals surface area contributed by atoms with Crippen LogP contribution in [0.5, 0.6) is 0 Å². The normalized spacial score (nSPS) is 33.4. The van der Waals surface area contributed by atoms with Crippen LogP contribution < -0.4 is 0 Å². The van der Waals surface area contributed by atoms with Crippen LogP contribution in [-0.2, 0) is 0 Å². The van der Waals surface area contributed by atoms with Gasteiger partial charge in [0.1, 0.15) is 6.07 Å². The number of nitrogens with zero attached hydrogens (tertiary/aromatic N) is 1. The van der Waals surface area contributed by atoms with Crippen LogP contribution in [0, 0.1) is 35.0 Å². The monoisotopic (exact) mass is 305 g/mol. The highest BCUT2D eigenvalue weighted by molar-refractivity contribution is 5.11. The molecule has 0 aliphatic heterocycles. The Morgan fingerprint density at radius 3 is 1.91 bits per heavy atom. The van der Waals surface area contributed by atoms with Crippen LogP contribution in [0.15, 0.2) is 11.9 Å². The van der Waals surface area contributed by atoms with Gasteiger partial charge in [-0.15, -0.1) is 0 Å². The fraction of sp³-hybridized carbons (Fsp3) is 0.850. The van der Waals surface area contributed by atoms with Gasteiger partial charge in [-0.05, 0) is 68.3 Å². The van der Waals surface area contributed by atoms with Crippen molar-refractivity contribution in [1.82, 2.24) is 0 Å². The van der Waals surface area contributed by atoms with Crippen LogP contribution in [0.3, 0.4) is 0 Å². The summed E-state index contributed by atoms with van der Waals surface area (Å²) >= 11 is 0. The Labute approximate surface area is 136 Å². The average Bonchev–Trinajstić information content (AvgIpc) is 2.56. The summed E-state index contributed by atoms with van der Waals surface area (Å²) in [5.41, 5.74) is 0. The second kappa shape index (κ2) is 9.33. The fourth-order valence-electron chi connectivity index (χ4n) is 4.80. The summed E-state index contributed by atoms with van der Waals surface area (Å²) in [5.74, 6) is 3.11. The van der Waals surface area contributed by atoms with Crippen molar-refractivity contribution in [3.8, 4) is 6.07 Å². The molecule has 2 aliphatic carbocycles. The van der Waals surface area contributed by atoms with E-state index in [1.165, 1.54) is 70.3 Å². The standard InChI is InChI=1S/C20H32FN/c1-2-4-16-7-11-18(12-8-16)19-13-9-17(10-14-19)5-3-6-20(21)15-22/h6,16-19H,2-5,7-14H2,1H3/t16-,17-,18-,19-. The van der Waals surface area contributed by atoms with Crippen molar-refractivity contribution in [2.24, 2.45) is 23.7 Å². The van der Waals surface area contributed by atoms with E-state index in [-0.39, 0.29) is 0 Å². The van der Waals surface area contributed by atoms with E-state index in [1.807, 2.05) is 0 Å². The van der Waals surface area contributed by atoms with Crippen LogP contribution >= 0.6 is 0 Å². The highest BCUT2D eigenvalue weighted by atomic mass is 19.1. The first-order valence-corrected chi connectivity index (χ1v) is 9.48. The summed E-state index contributed by atoms with van der Waals surface area (Å²) < 4.78 is 12.8. The molecule has 2 fully saturated rings. The van der Waals surface area contributed by atoms with E-state index in [0.717, 1.165) is 36.5 Å². The maximum Gasteiger partial charge on any atom is 0.196 e. The van der Waals surface area contributed by atoms with Gasteiger partial charge < -0.3 is 0 Å². The second-order valence-electron chi connectivity index (χ2n) is 7.59. The van der Waals surface area contributed by atoms with Gasteiger partial charge in [0.2, 0.25) is 0 Å². The van der Waals surface area contributed by atoms with Crippen LogP contribution in [0.1, 0.15) is 84.0 Å². The molecule has 22 heavy (non-hydrogen) atoms. The lowest BCUT2D eigenvalue weighted by Crippen LogP contribution is -2.25. The maximum atomic E-state index is 12.8. The highest BCUT2D eigenvalue weighted by Gasteiger charge is 2.30. The summed E-state index contributed by atoms with van der Waals surface area (Å²) in [6.07, 6.45) is 17.3. The third-order valence-corrected chi connectivity index (χ3v) is 6.15. The molecule has 0 aromatic heterocycles. The van der Waals surface area contributed by atoms with Gasteiger partial charge in [0.15, 0.2) is 5.83 Å². The summed E-state index contributed by atoms with van der Waals surface area (Å²) in [4.78, 5) is 0. The molecule has 2 saturated carbocycles. The lowest BCUT2D eigenvalue weighted by molar-refractivity contribution is 0.141. The molecule has 2 rings (SSSR count). The number of hydrogen-bond acceptors (Lipinski definition) is 1. The third kappa shape index (κ3) is 5.41. The van der Waals surface area contributed by atoms with Crippen molar-refractivity contribution in [3.63, 3.8) is 0 Å². The van der Waals surface area contributed by atoms with Gasteiger partial charge in [-0.2, -0.15) is 9.65 Å².